The van der Waals surface area contributed by atoms with Crippen LogP contribution in [0.4, 0.5) is 4.79 Å². The molecule has 0 saturated carbocycles. The summed E-state index contributed by atoms with van der Waals surface area (Å²) < 4.78 is 0. The Labute approximate surface area is 138 Å². The minimum atomic E-state index is -0.458. The number of nitrogens with one attached hydrogen (secondary N) is 1. The van der Waals surface area contributed by atoms with Crippen LogP contribution in [0.3, 0.4) is 0 Å². The van der Waals surface area contributed by atoms with Gasteiger partial charge >= 0.3 is 0 Å². The second-order valence-corrected chi connectivity index (χ2v) is 6.04. The summed E-state index contributed by atoms with van der Waals surface area (Å²) in [5.41, 5.74) is 1.87. The summed E-state index contributed by atoms with van der Waals surface area (Å²) in [7, 11) is 0. The fourth-order valence-corrected chi connectivity index (χ4v) is 2.86. The quantitative estimate of drug-likeness (QED) is 0.608. The maximum Gasteiger partial charge on any atom is 0.294 e. The summed E-state index contributed by atoms with van der Waals surface area (Å²) in [5, 5.41) is 10.8. The summed E-state index contributed by atoms with van der Waals surface area (Å²) in [6.45, 7) is 1.90. The number of imide groups is 1. The van der Waals surface area contributed by atoms with Gasteiger partial charge in [0.05, 0.1) is 4.91 Å². The second kappa shape index (κ2) is 7.94. The monoisotopic (exact) mass is 334 g/mol. The minimum absolute atomic E-state index is 0.0268. The zero-order chi connectivity index (χ0) is 16.8. The fraction of sp³-hybridized carbons (Fsp3) is 0.312. The number of aliphatic hydroxyl groups excluding tert-OH is 1. The molecule has 0 aromatic heterocycles. The number of carbonyl (C=O) groups excluding carboxylic acids is 3. The smallest absolute Gasteiger partial charge is 0.294 e. The average Bonchev–Trinajstić information content (AvgIpc) is 2.77. The van der Waals surface area contributed by atoms with Crippen molar-refractivity contribution in [1.29, 1.82) is 0 Å². The molecule has 0 spiro atoms. The van der Waals surface area contributed by atoms with Crippen LogP contribution in [0.5, 0.6) is 0 Å². The van der Waals surface area contributed by atoms with Crippen LogP contribution in [0.25, 0.3) is 6.08 Å². The lowest BCUT2D eigenvalue weighted by atomic mass is 10.1. The van der Waals surface area contributed by atoms with E-state index in [2.05, 4.69) is 5.32 Å². The first-order valence-corrected chi connectivity index (χ1v) is 8.03. The van der Waals surface area contributed by atoms with Gasteiger partial charge in [-0.05, 0) is 42.3 Å². The fourth-order valence-electron chi connectivity index (χ4n) is 2.03. The zero-order valence-corrected chi connectivity index (χ0v) is 13.6. The van der Waals surface area contributed by atoms with Crippen molar-refractivity contribution in [2.45, 2.75) is 13.3 Å². The lowest BCUT2D eigenvalue weighted by Gasteiger charge is -2.12. The number of hydrogen-bond donors (Lipinski definition) is 2. The van der Waals surface area contributed by atoms with Crippen molar-refractivity contribution in [3.8, 4) is 0 Å². The van der Waals surface area contributed by atoms with E-state index in [1.54, 1.807) is 6.08 Å². The highest BCUT2D eigenvalue weighted by Crippen LogP contribution is 2.32. The number of hydrogen-bond acceptors (Lipinski definition) is 5. The van der Waals surface area contributed by atoms with Crippen LogP contribution < -0.4 is 5.32 Å². The Morgan fingerprint density at radius 2 is 2.09 bits per heavy atom. The van der Waals surface area contributed by atoms with E-state index in [0.29, 0.717) is 17.9 Å². The van der Waals surface area contributed by atoms with E-state index in [0.717, 1.165) is 27.8 Å². The van der Waals surface area contributed by atoms with Gasteiger partial charge in [0.1, 0.15) is 6.54 Å². The van der Waals surface area contributed by atoms with Crippen molar-refractivity contribution < 1.29 is 19.5 Å². The van der Waals surface area contributed by atoms with Gasteiger partial charge in [0, 0.05) is 13.2 Å². The van der Waals surface area contributed by atoms with E-state index in [9.17, 15) is 14.4 Å². The van der Waals surface area contributed by atoms with E-state index in [-0.39, 0.29) is 13.2 Å². The number of nitrogens with zero attached hydrogens (tertiary/aromatic N) is 1. The number of carbonyl (C=O) groups is 3. The standard InChI is InChI=1S/C16H18N2O4S/c1-11-5-2-3-6-12(11)9-13-15(21)18(16(22)23-13)10-14(20)17-7-4-8-19/h2-3,5-6,9,19H,4,7-8,10H2,1H3,(H,17,20)/b13-9-. The number of aliphatic hydroxyl groups is 1. The van der Waals surface area contributed by atoms with Gasteiger partial charge in [-0.25, -0.2) is 0 Å². The summed E-state index contributed by atoms with van der Waals surface area (Å²) >= 11 is 0.834. The summed E-state index contributed by atoms with van der Waals surface area (Å²) in [5.74, 6) is -0.876. The Bertz CT molecular complexity index is 657. The number of aryl methyl sites for hydroxylation is 1. The maximum absolute atomic E-state index is 12.3. The summed E-state index contributed by atoms with van der Waals surface area (Å²) in [4.78, 5) is 37.2. The number of amides is 3. The molecular formula is C16H18N2O4S. The van der Waals surface area contributed by atoms with E-state index in [4.69, 9.17) is 5.11 Å². The molecule has 0 unspecified atom stereocenters. The number of benzene rings is 1. The highest BCUT2D eigenvalue weighted by atomic mass is 32.2. The maximum atomic E-state index is 12.3. The molecule has 23 heavy (non-hydrogen) atoms. The van der Waals surface area contributed by atoms with Crippen molar-refractivity contribution in [2.24, 2.45) is 0 Å². The first kappa shape index (κ1) is 17.2. The first-order valence-electron chi connectivity index (χ1n) is 7.21. The van der Waals surface area contributed by atoms with Crippen LogP contribution in [0.1, 0.15) is 17.5 Å². The largest absolute Gasteiger partial charge is 0.396 e. The predicted molar refractivity (Wildman–Crippen MR) is 88.6 cm³/mol. The van der Waals surface area contributed by atoms with Gasteiger partial charge in [-0.1, -0.05) is 24.3 Å². The van der Waals surface area contributed by atoms with Gasteiger partial charge in [0.15, 0.2) is 0 Å². The first-order chi connectivity index (χ1) is 11.0. The zero-order valence-electron chi connectivity index (χ0n) is 12.7. The van der Waals surface area contributed by atoms with Crippen LogP contribution >= 0.6 is 11.8 Å². The second-order valence-electron chi connectivity index (χ2n) is 5.05. The molecule has 1 heterocycles. The van der Waals surface area contributed by atoms with Crippen molar-refractivity contribution in [1.82, 2.24) is 10.2 Å². The molecule has 7 heteroatoms. The van der Waals surface area contributed by atoms with Gasteiger partial charge in [0.25, 0.3) is 11.1 Å². The molecule has 0 radical (unpaired) electrons. The average molecular weight is 334 g/mol. The minimum Gasteiger partial charge on any atom is -0.396 e. The van der Waals surface area contributed by atoms with E-state index in [1.165, 1.54) is 0 Å². The lowest BCUT2D eigenvalue weighted by molar-refractivity contribution is -0.129. The van der Waals surface area contributed by atoms with Gasteiger partial charge in [-0.3, -0.25) is 19.3 Å². The molecule has 1 aromatic carbocycles. The van der Waals surface area contributed by atoms with Crippen LogP contribution in [-0.2, 0) is 9.59 Å². The van der Waals surface area contributed by atoms with Crippen molar-refractivity contribution >= 4 is 34.9 Å². The molecule has 0 bridgehead atoms. The van der Waals surface area contributed by atoms with E-state index in [1.807, 2.05) is 31.2 Å². The number of rotatable bonds is 6. The van der Waals surface area contributed by atoms with Crippen LogP contribution in [-0.4, -0.2) is 46.8 Å². The predicted octanol–water partition coefficient (Wildman–Crippen LogP) is 1.53. The molecule has 3 amide bonds. The van der Waals surface area contributed by atoms with Crippen LogP contribution in [0, 0.1) is 6.92 Å². The molecule has 1 aliphatic heterocycles. The lowest BCUT2D eigenvalue weighted by Crippen LogP contribution is -2.39. The molecule has 6 nitrogen and oxygen atoms in total. The Hall–Kier alpha value is -2.12. The van der Waals surface area contributed by atoms with Crippen molar-refractivity contribution in [3.05, 3.63) is 40.3 Å². The third-order valence-electron chi connectivity index (χ3n) is 3.31. The molecule has 2 rings (SSSR count). The molecule has 0 aliphatic carbocycles. The third-order valence-corrected chi connectivity index (χ3v) is 4.21. The van der Waals surface area contributed by atoms with Crippen LogP contribution in [0.15, 0.2) is 29.2 Å². The highest BCUT2D eigenvalue weighted by Gasteiger charge is 2.36. The number of thioether (sulfide) groups is 1. The molecule has 1 fully saturated rings. The Morgan fingerprint density at radius 3 is 2.78 bits per heavy atom. The summed E-state index contributed by atoms with van der Waals surface area (Å²) in [6, 6.07) is 7.54. The molecule has 1 saturated heterocycles. The van der Waals surface area contributed by atoms with Gasteiger partial charge in [-0.15, -0.1) is 0 Å². The topological polar surface area (TPSA) is 86.7 Å². The third kappa shape index (κ3) is 4.43. The van der Waals surface area contributed by atoms with Crippen LogP contribution in [0.2, 0.25) is 0 Å². The molecule has 1 aliphatic rings. The van der Waals surface area contributed by atoms with E-state index >= 15 is 0 Å². The highest BCUT2D eigenvalue weighted by molar-refractivity contribution is 8.18. The van der Waals surface area contributed by atoms with Gasteiger partial charge in [0.2, 0.25) is 5.91 Å². The normalized spacial score (nSPS) is 16.3. The van der Waals surface area contributed by atoms with E-state index < -0.39 is 17.1 Å². The molecule has 2 N–H and O–H groups in total. The van der Waals surface area contributed by atoms with Gasteiger partial charge < -0.3 is 10.4 Å². The Morgan fingerprint density at radius 1 is 1.35 bits per heavy atom. The molecule has 0 atom stereocenters. The molecule has 122 valence electrons. The molecular weight excluding hydrogens is 316 g/mol. The summed E-state index contributed by atoms with van der Waals surface area (Å²) in [6.07, 6.45) is 2.10. The SMILES string of the molecule is Cc1ccccc1/C=C1\SC(=O)N(CC(=O)NCCCO)C1=O. The molecule has 1 aromatic rings. The van der Waals surface area contributed by atoms with Gasteiger partial charge in [-0.2, -0.15) is 0 Å². The Balaban J connectivity index is 2.05. The van der Waals surface area contributed by atoms with Crippen molar-refractivity contribution in [2.75, 3.05) is 19.7 Å². The Kier molecular flexibility index (Phi) is 5.95. The van der Waals surface area contributed by atoms with Crippen molar-refractivity contribution in [3.63, 3.8) is 0 Å².